The molecule has 128 valence electrons. The zero-order valence-corrected chi connectivity index (χ0v) is 14.2. The second-order valence-corrected chi connectivity index (χ2v) is 6.39. The van der Waals surface area contributed by atoms with E-state index in [4.69, 9.17) is 0 Å². The molecule has 1 unspecified atom stereocenters. The van der Waals surface area contributed by atoms with Crippen LogP contribution in [0.5, 0.6) is 0 Å². The maximum atomic E-state index is 12.7. The van der Waals surface area contributed by atoms with Crippen molar-refractivity contribution in [3.05, 3.63) is 34.7 Å². The number of likely N-dealkylation sites (tertiary alicyclic amines) is 1. The van der Waals surface area contributed by atoms with Crippen LogP contribution in [0.25, 0.3) is 11.0 Å². The normalized spacial score (nSPS) is 17.5. The number of rotatable bonds is 3. The monoisotopic (exact) mass is 330 g/mol. The van der Waals surface area contributed by atoms with Gasteiger partial charge in [0.05, 0.1) is 11.0 Å². The van der Waals surface area contributed by atoms with Gasteiger partial charge in [-0.05, 0) is 25.0 Å². The highest BCUT2D eigenvalue weighted by molar-refractivity contribution is 5.88. The standard InChI is InChI=1S/C17H22N4O3/c1-18(2)16(23)14-9-6-10-20(14)15(22)11-21-13-8-5-4-7-12(13)19(3)17(21)24/h4-5,7-8,14H,6,9-11H2,1-3H3. The lowest BCUT2D eigenvalue weighted by atomic mass is 10.2. The van der Waals surface area contributed by atoms with Crippen molar-refractivity contribution in [2.45, 2.75) is 25.4 Å². The summed E-state index contributed by atoms with van der Waals surface area (Å²) in [4.78, 5) is 40.6. The quantitative estimate of drug-likeness (QED) is 0.819. The van der Waals surface area contributed by atoms with Gasteiger partial charge in [-0.1, -0.05) is 12.1 Å². The van der Waals surface area contributed by atoms with Crippen molar-refractivity contribution in [3.8, 4) is 0 Å². The molecule has 1 aromatic heterocycles. The molecule has 1 atom stereocenters. The van der Waals surface area contributed by atoms with Gasteiger partial charge in [-0.25, -0.2) is 4.79 Å². The number of hydrogen-bond donors (Lipinski definition) is 0. The molecule has 1 aromatic carbocycles. The molecular weight excluding hydrogens is 308 g/mol. The Kier molecular flexibility index (Phi) is 4.17. The van der Waals surface area contributed by atoms with Gasteiger partial charge < -0.3 is 9.80 Å². The van der Waals surface area contributed by atoms with E-state index in [1.54, 1.807) is 26.0 Å². The number of likely N-dealkylation sites (N-methyl/N-ethyl adjacent to an activating group) is 1. The number of para-hydroxylation sites is 2. The van der Waals surface area contributed by atoms with Crippen LogP contribution < -0.4 is 5.69 Å². The molecule has 7 nitrogen and oxygen atoms in total. The van der Waals surface area contributed by atoms with Crippen molar-refractivity contribution in [2.24, 2.45) is 7.05 Å². The summed E-state index contributed by atoms with van der Waals surface area (Å²) in [7, 11) is 5.08. The fourth-order valence-electron chi connectivity index (χ4n) is 3.36. The van der Waals surface area contributed by atoms with E-state index in [1.165, 1.54) is 14.0 Å². The van der Waals surface area contributed by atoms with Crippen LogP contribution in [0, 0.1) is 0 Å². The molecule has 3 rings (SSSR count). The van der Waals surface area contributed by atoms with Gasteiger partial charge >= 0.3 is 5.69 Å². The van der Waals surface area contributed by atoms with Gasteiger partial charge in [0.15, 0.2) is 0 Å². The van der Waals surface area contributed by atoms with Gasteiger partial charge in [0.1, 0.15) is 12.6 Å². The lowest BCUT2D eigenvalue weighted by Crippen LogP contribution is -2.47. The molecule has 1 aliphatic rings. The first-order valence-corrected chi connectivity index (χ1v) is 8.06. The fraction of sp³-hybridized carbons (Fsp3) is 0.471. The van der Waals surface area contributed by atoms with Crippen LogP contribution in [0.3, 0.4) is 0 Å². The molecule has 1 aliphatic heterocycles. The molecule has 1 fully saturated rings. The van der Waals surface area contributed by atoms with Crippen LogP contribution in [0.1, 0.15) is 12.8 Å². The number of carbonyl (C=O) groups excluding carboxylic acids is 2. The van der Waals surface area contributed by atoms with Crippen LogP contribution in [0.4, 0.5) is 0 Å². The van der Waals surface area contributed by atoms with Gasteiger partial charge in [-0.2, -0.15) is 0 Å². The number of fused-ring (bicyclic) bond motifs is 1. The number of hydrogen-bond acceptors (Lipinski definition) is 3. The Labute approximate surface area is 140 Å². The largest absolute Gasteiger partial charge is 0.347 e. The summed E-state index contributed by atoms with van der Waals surface area (Å²) in [5.74, 6) is -0.253. The average Bonchev–Trinajstić information content (AvgIpc) is 3.14. The Balaban J connectivity index is 1.89. The van der Waals surface area contributed by atoms with Gasteiger partial charge in [-0.15, -0.1) is 0 Å². The summed E-state index contributed by atoms with van der Waals surface area (Å²) in [6.07, 6.45) is 1.48. The minimum absolute atomic E-state index is 0.0443. The highest BCUT2D eigenvalue weighted by atomic mass is 16.2. The van der Waals surface area contributed by atoms with Crippen LogP contribution >= 0.6 is 0 Å². The van der Waals surface area contributed by atoms with E-state index in [1.807, 2.05) is 24.3 Å². The number of carbonyl (C=O) groups is 2. The van der Waals surface area contributed by atoms with E-state index < -0.39 is 6.04 Å². The van der Waals surface area contributed by atoms with E-state index in [2.05, 4.69) is 0 Å². The van der Waals surface area contributed by atoms with E-state index in [0.717, 1.165) is 17.5 Å². The third kappa shape index (κ3) is 2.60. The molecule has 0 bridgehead atoms. The molecule has 2 heterocycles. The van der Waals surface area contributed by atoms with Gasteiger partial charge in [0.25, 0.3) is 0 Å². The van der Waals surface area contributed by atoms with Crippen LogP contribution in [-0.4, -0.2) is 57.4 Å². The smallest absolute Gasteiger partial charge is 0.329 e. The second kappa shape index (κ2) is 6.14. The first kappa shape index (κ1) is 16.3. The molecule has 2 aromatic rings. The number of aryl methyl sites for hydroxylation is 1. The van der Waals surface area contributed by atoms with Crippen molar-refractivity contribution >= 4 is 22.8 Å². The highest BCUT2D eigenvalue weighted by Crippen LogP contribution is 2.20. The SMILES string of the molecule is CN(C)C(=O)C1CCCN1C(=O)Cn1c(=O)n(C)c2ccccc21. The Hall–Kier alpha value is -2.57. The Bertz CT molecular complexity index is 849. The van der Waals surface area contributed by atoms with Gasteiger partial charge in [0.2, 0.25) is 11.8 Å². The number of benzene rings is 1. The highest BCUT2D eigenvalue weighted by Gasteiger charge is 2.35. The first-order valence-electron chi connectivity index (χ1n) is 8.06. The zero-order valence-electron chi connectivity index (χ0n) is 14.2. The van der Waals surface area contributed by atoms with Crippen LogP contribution in [0.15, 0.2) is 29.1 Å². The minimum atomic E-state index is -0.418. The molecule has 0 N–H and O–H groups in total. The van der Waals surface area contributed by atoms with E-state index in [9.17, 15) is 14.4 Å². The van der Waals surface area contributed by atoms with Gasteiger partial charge in [-0.3, -0.25) is 18.7 Å². The first-order chi connectivity index (χ1) is 11.4. The fourth-order valence-corrected chi connectivity index (χ4v) is 3.36. The molecule has 0 spiro atoms. The molecular formula is C17H22N4O3. The molecule has 0 radical (unpaired) electrons. The molecule has 2 amide bonds. The van der Waals surface area contributed by atoms with Crippen molar-refractivity contribution in [1.82, 2.24) is 18.9 Å². The van der Waals surface area contributed by atoms with Crippen molar-refractivity contribution < 1.29 is 9.59 Å². The Morgan fingerprint density at radius 1 is 1.21 bits per heavy atom. The molecule has 1 saturated heterocycles. The molecule has 0 aliphatic carbocycles. The van der Waals surface area contributed by atoms with Crippen molar-refractivity contribution in [1.29, 1.82) is 0 Å². The number of amides is 2. The molecule has 7 heteroatoms. The predicted molar refractivity (Wildman–Crippen MR) is 90.6 cm³/mol. The maximum absolute atomic E-state index is 12.7. The summed E-state index contributed by atoms with van der Waals surface area (Å²) in [5.41, 5.74) is 1.30. The second-order valence-electron chi connectivity index (χ2n) is 6.39. The van der Waals surface area contributed by atoms with Crippen LogP contribution in [0.2, 0.25) is 0 Å². The summed E-state index contributed by atoms with van der Waals surface area (Å²) in [5, 5.41) is 0. The van der Waals surface area contributed by atoms with E-state index in [-0.39, 0.29) is 24.0 Å². The maximum Gasteiger partial charge on any atom is 0.329 e. The Morgan fingerprint density at radius 2 is 1.88 bits per heavy atom. The summed E-state index contributed by atoms with van der Waals surface area (Å²) in [6.45, 7) is 0.514. The lowest BCUT2D eigenvalue weighted by molar-refractivity contribution is -0.142. The zero-order chi connectivity index (χ0) is 17.4. The van der Waals surface area contributed by atoms with Crippen LogP contribution in [-0.2, 0) is 23.2 Å². The third-order valence-corrected chi connectivity index (χ3v) is 4.64. The lowest BCUT2D eigenvalue weighted by Gasteiger charge is -2.26. The van der Waals surface area contributed by atoms with Gasteiger partial charge in [0, 0.05) is 27.7 Å². The molecule has 0 saturated carbocycles. The number of aromatic nitrogens is 2. The van der Waals surface area contributed by atoms with E-state index >= 15 is 0 Å². The Morgan fingerprint density at radius 3 is 2.54 bits per heavy atom. The van der Waals surface area contributed by atoms with Crippen molar-refractivity contribution in [3.63, 3.8) is 0 Å². The molecule has 24 heavy (non-hydrogen) atoms. The average molecular weight is 330 g/mol. The third-order valence-electron chi connectivity index (χ3n) is 4.64. The minimum Gasteiger partial charge on any atom is -0.347 e. The summed E-state index contributed by atoms with van der Waals surface area (Å²) >= 11 is 0. The summed E-state index contributed by atoms with van der Waals surface area (Å²) < 4.78 is 3.02. The van der Waals surface area contributed by atoms with Crippen molar-refractivity contribution in [2.75, 3.05) is 20.6 Å². The number of nitrogens with zero attached hydrogens (tertiary/aromatic N) is 4. The topological polar surface area (TPSA) is 67.6 Å². The van der Waals surface area contributed by atoms with E-state index in [0.29, 0.717) is 13.0 Å². The predicted octanol–water partition coefficient (Wildman–Crippen LogP) is 0.419. The number of imidazole rings is 1. The summed E-state index contributed by atoms with van der Waals surface area (Å²) in [6, 6.07) is 6.97.